The van der Waals surface area contributed by atoms with Gasteiger partial charge in [0.25, 0.3) is 0 Å². The van der Waals surface area contributed by atoms with Crippen LogP contribution in [0.4, 0.5) is 0 Å². The van der Waals surface area contributed by atoms with Gasteiger partial charge in [-0.2, -0.15) is 5.10 Å². The molecule has 1 rings (SSSR count). The molecule has 122 valence electrons. The van der Waals surface area contributed by atoms with Crippen molar-refractivity contribution in [2.75, 3.05) is 6.54 Å². The van der Waals surface area contributed by atoms with Gasteiger partial charge in [-0.15, -0.1) is 0 Å². The van der Waals surface area contributed by atoms with E-state index in [1.54, 1.807) is 0 Å². The Labute approximate surface area is 139 Å². The molecule has 0 aliphatic heterocycles. The summed E-state index contributed by atoms with van der Waals surface area (Å²) in [5.41, 5.74) is 2.82. The topological polar surface area (TPSA) is 29.9 Å². The van der Waals surface area contributed by atoms with Gasteiger partial charge < -0.3 is 5.32 Å². The van der Waals surface area contributed by atoms with E-state index in [1.165, 1.54) is 16.6 Å². The zero-order valence-electron chi connectivity index (χ0n) is 14.8. The second kappa shape index (κ2) is 7.77. The van der Waals surface area contributed by atoms with E-state index in [1.807, 2.05) is 4.68 Å². The van der Waals surface area contributed by atoms with Crippen LogP contribution in [0.3, 0.4) is 0 Å². The number of hydrogen-bond donors (Lipinski definition) is 1. The molecule has 4 heteroatoms. The molecule has 0 bridgehead atoms. The first-order chi connectivity index (χ1) is 9.70. The highest BCUT2D eigenvalue weighted by Gasteiger charge is 2.25. The Balaban J connectivity index is 2.86. The highest BCUT2D eigenvalue weighted by Crippen LogP contribution is 2.30. The van der Waals surface area contributed by atoms with Crippen LogP contribution in [0.25, 0.3) is 0 Å². The van der Waals surface area contributed by atoms with Crippen molar-refractivity contribution in [3.63, 3.8) is 0 Å². The molecule has 2 atom stereocenters. The van der Waals surface area contributed by atoms with Gasteiger partial charge in [-0.3, -0.25) is 4.68 Å². The lowest BCUT2D eigenvalue weighted by Crippen LogP contribution is -2.35. The summed E-state index contributed by atoms with van der Waals surface area (Å²) in [7, 11) is 2.05. The third-order valence-corrected chi connectivity index (χ3v) is 5.47. The first-order valence-electron chi connectivity index (χ1n) is 8.14. The minimum absolute atomic E-state index is 0.353. The molecular formula is C17H32BrN3. The number of nitrogens with one attached hydrogen (secondary N) is 1. The van der Waals surface area contributed by atoms with Crippen molar-refractivity contribution in [2.45, 2.75) is 66.8 Å². The molecule has 0 aromatic carbocycles. The van der Waals surface area contributed by atoms with Crippen LogP contribution < -0.4 is 5.32 Å². The van der Waals surface area contributed by atoms with Crippen LogP contribution in [0.2, 0.25) is 0 Å². The maximum atomic E-state index is 4.61. The lowest BCUT2D eigenvalue weighted by Gasteiger charge is -2.31. The fourth-order valence-corrected chi connectivity index (χ4v) is 3.36. The van der Waals surface area contributed by atoms with Gasteiger partial charge in [-0.1, -0.05) is 41.5 Å². The average Bonchev–Trinajstić information content (AvgIpc) is 2.65. The van der Waals surface area contributed by atoms with Crippen LogP contribution in [-0.4, -0.2) is 22.4 Å². The quantitative estimate of drug-likeness (QED) is 0.786. The van der Waals surface area contributed by atoms with Crippen molar-refractivity contribution in [3.05, 3.63) is 15.9 Å². The lowest BCUT2D eigenvalue weighted by molar-refractivity contribution is 0.222. The fraction of sp³-hybridized carbons (Fsp3) is 0.824. The monoisotopic (exact) mass is 357 g/mol. The molecule has 2 unspecified atom stereocenters. The molecular weight excluding hydrogens is 326 g/mol. The molecule has 1 aromatic heterocycles. The predicted octanol–water partition coefficient (Wildman–Crippen LogP) is 4.34. The number of hydrogen-bond acceptors (Lipinski definition) is 2. The van der Waals surface area contributed by atoms with Crippen molar-refractivity contribution >= 4 is 15.9 Å². The first kappa shape index (κ1) is 18.7. The van der Waals surface area contributed by atoms with Crippen molar-refractivity contribution in [1.82, 2.24) is 15.1 Å². The minimum Gasteiger partial charge on any atom is -0.314 e. The van der Waals surface area contributed by atoms with E-state index in [-0.39, 0.29) is 0 Å². The Kier molecular flexibility index (Phi) is 6.92. The summed E-state index contributed by atoms with van der Waals surface area (Å²) >= 11 is 3.74. The molecule has 0 radical (unpaired) electrons. The van der Waals surface area contributed by atoms with Crippen molar-refractivity contribution in [2.24, 2.45) is 18.4 Å². The standard InChI is InChI=1S/C17H32BrN3/c1-8-14-16(18)15(21(7)20-14)11-13(19-9-2)10-12(3)17(4,5)6/h12-13,19H,8-11H2,1-7H3. The van der Waals surface area contributed by atoms with Crippen molar-refractivity contribution in [3.8, 4) is 0 Å². The Bertz CT molecular complexity index is 446. The van der Waals surface area contributed by atoms with E-state index < -0.39 is 0 Å². The molecule has 0 aliphatic rings. The van der Waals surface area contributed by atoms with Crippen LogP contribution in [-0.2, 0) is 19.9 Å². The highest BCUT2D eigenvalue weighted by molar-refractivity contribution is 9.10. The van der Waals surface area contributed by atoms with Crippen LogP contribution in [0, 0.1) is 11.3 Å². The van der Waals surface area contributed by atoms with Crippen molar-refractivity contribution < 1.29 is 0 Å². The Morgan fingerprint density at radius 2 is 1.90 bits per heavy atom. The molecule has 0 saturated carbocycles. The number of likely N-dealkylation sites (N-methyl/N-ethyl adjacent to an activating group) is 1. The maximum absolute atomic E-state index is 4.61. The van der Waals surface area contributed by atoms with Gasteiger partial charge >= 0.3 is 0 Å². The van der Waals surface area contributed by atoms with E-state index in [4.69, 9.17) is 0 Å². The summed E-state index contributed by atoms with van der Waals surface area (Å²) in [6, 6.07) is 0.501. The number of nitrogens with zero attached hydrogens (tertiary/aromatic N) is 2. The fourth-order valence-electron chi connectivity index (χ4n) is 2.58. The summed E-state index contributed by atoms with van der Waals surface area (Å²) < 4.78 is 3.23. The summed E-state index contributed by atoms with van der Waals surface area (Å²) in [5.74, 6) is 0.680. The van der Waals surface area contributed by atoms with E-state index in [0.29, 0.717) is 17.4 Å². The minimum atomic E-state index is 0.353. The maximum Gasteiger partial charge on any atom is 0.0766 e. The van der Waals surface area contributed by atoms with Gasteiger partial charge in [0.2, 0.25) is 0 Å². The van der Waals surface area contributed by atoms with Crippen LogP contribution in [0.15, 0.2) is 4.47 Å². The normalized spacial score (nSPS) is 15.2. The molecule has 21 heavy (non-hydrogen) atoms. The molecule has 1 heterocycles. The molecule has 0 amide bonds. The summed E-state index contributed by atoms with van der Waals surface area (Å²) in [6.45, 7) is 14.7. The van der Waals surface area contributed by atoms with Crippen LogP contribution in [0.5, 0.6) is 0 Å². The molecule has 0 saturated heterocycles. The van der Waals surface area contributed by atoms with Gasteiger partial charge in [0.05, 0.1) is 15.9 Å². The average molecular weight is 358 g/mol. The van der Waals surface area contributed by atoms with Gasteiger partial charge in [0.15, 0.2) is 0 Å². The largest absolute Gasteiger partial charge is 0.314 e. The number of aromatic nitrogens is 2. The first-order valence-corrected chi connectivity index (χ1v) is 8.93. The zero-order valence-corrected chi connectivity index (χ0v) is 16.3. The number of aryl methyl sites for hydroxylation is 2. The van der Waals surface area contributed by atoms with E-state index in [2.05, 4.69) is 74.9 Å². The molecule has 0 spiro atoms. The summed E-state index contributed by atoms with van der Waals surface area (Å²) in [5, 5.41) is 8.27. The summed E-state index contributed by atoms with van der Waals surface area (Å²) in [6.07, 6.45) is 3.19. The number of halogens is 1. The smallest absolute Gasteiger partial charge is 0.0766 e. The van der Waals surface area contributed by atoms with E-state index >= 15 is 0 Å². The SMILES string of the molecule is CCNC(Cc1c(Br)c(CC)nn1C)CC(C)C(C)(C)C. The van der Waals surface area contributed by atoms with E-state index in [9.17, 15) is 0 Å². The summed E-state index contributed by atoms with van der Waals surface area (Å²) in [4.78, 5) is 0. The van der Waals surface area contributed by atoms with Gasteiger partial charge in [-0.05, 0) is 46.6 Å². The Hall–Kier alpha value is -0.350. The second-order valence-corrected chi connectivity index (χ2v) is 7.94. The van der Waals surface area contributed by atoms with E-state index in [0.717, 1.165) is 25.1 Å². The lowest BCUT2D eigenvalue weighted by atomic mass is 9.78. The Morgan fingerprint density at radius 1 is 1.29 bits per heavy atom. The number of rotatable bonds is 7. The molecule has 1 N–H and O–H groups in total. The van der Waals surface area contributed by atoms with Gasteiger partial charge in [0, 0.05) is 19.5 Å². The Morgan fingerprint density at radius 3 is 2.33 bits per heavy atom. The second-order valence-electron chi connectivity index (χ2n) is 7.15. The molecule has 0 aliphatic carbocycles. The molecule has 0 fully saturated rings. The zero-order chi connectivity index (χ0) is 16.2. The van der Waals surface area contributed by atoms with Crippen LogP contribution in [0.1, 0.15) is 59.4 Å². The highest BCUT2D eigenvalue weighted by atomic mass is 79.9. The predicted molar refractivity (Wildman–Crippen MR) is 94.7 cm³/mol. The third kappa shape index (κ3) is 5.10. The van der Waals surface area contributed by atoms with Gasteiger partial charge in [0.1, 0.15) is 0 Å². The molecule has 1 aromatic rings. The van der Waals surface area contributed by atoms with Crippen LogP contribution >= 0.6 is 15.9 Å². The van der Waals surface area contributed by atoms with Gasteiger partial charge in [-0.25, -0.2) is 0 Å². The van der Waals surface area contributed by atoms with Crippen molar-refractivity contribution in [1.29, 1.82) is 0 Å². The third-order valence-electron chi connectivity index (χ3n) is 4.55. The molecule has 3 nitrogen and oxygen atoms in total.